The van der Waals surface area contributed by atoms with Gasteiger partial charge in [0.05, 0.1) is 11.3 Å². The van der Waals surface area contributed by atoms with E-state index < -0.39 is 5.91 Å². The van der Waals surface area contributed by atoms with Gasteiger partial charge in [-0.1, -0.05) is 27.5 Å². The summed E-state index contributed by atoms with van der Waals surface area (Å²) in [6.07, 6.45) is 0. The van der Waals surface area contributed by atoms with E-state index in [9.17, 15) is 4.79 Å². The lowest BCUT2D eigenvalue weighted by molar-refractivity contribution is 0.102. The molecule has 21 heavy (non-hydrogen) atoms. The van der Waals surface area contributed by atoms with Crippen LogP contribution in [0.1, 0.15) is 15.9 Å². The molecule has 0 aliphatic rings. The molecular weight excluding hydrogens is 358 g/mol. The maximum atomic E-state index is 12.2. The smallest absolute Gasteiger partial charge is 0.255 e. The summed E-state index contributed by atoms with van der Waals surface area (Å²) >= 11 is 9.07. The van der Waals surface area contributed by atoms with E-state index in [1.54, 1.807) is 18.2 Å². The number of rotatable bonds is 3. The number of pyridine rings is 1. The van der Waals surface area contributed by atoms with Gasteiger partial charge in [0.2, 0.25) is 0 Å². The monoisotopic (exact) mass is 365 g/mol. The maximum Gasteiger partial charge on any atom is 0.255 e. The van der Waals surface area contributed by atoms with Crippen LogP contribution in [0, 0.1) is 11.3 Å². The predicted molar refractivity (Wildman–Crippen MR) is 83.9 cm³/mol. The largest absolute Gasteiger partial charge is 0.321 e. The Kier molecular flexibility index (Phi) is 4.75. The van der Waals surface area contributed by atoms with Crippen molar-refractivity contribution in [3.05, 3.63) is 51.1 Å². The molecule has 0 unspecified atom stereocenters. The number of halogens is 2. The highest BCUT2D eigenvalue weighted by molar-refractivity contribution is 9.10. The number of carbonyl (C=O) groups excluding carboxylic acids is 1. The minimum Gasteiger partial charge on any atom is -0.321 e. The third-order valence-corrected chi connectivity index (χ3v) is 3.24. The highest BCUT2D eigenvalue weighted by Crippen LogP contribution is 2.22. The van der Waals surface area contributed by atoms with Crippen LogP contribution in [0.4, 0.5) is 11.5 Å². The number of carbonyl (C=O) groups is 1. The number of amides is 1. The molecule has 8 heteroatoms. The number of hydrogen-bond donors (Lipinski definition) is 3. The zero-order valence-corrected chi connectivity index (χ0v) is 12.9. The first-order valence-electron chi connectivity index (χ1n) is 5.68. The molecule has 2 rings (SSSR count). The first kappa shape index (κ1) is 15.3. The number of hydrogen-bond acceptors (Lipinski definition) is 5. The van der Waals surface area contributed by atoms with E-state index in [0.29, 0.717) is 11.3 Å². The molecule has 1 aromatic heterocycles. The summed E-state index contributed by atoms with van der Waals surface area (Å²) in [5, 5.41) is 11.9. The molecular formula is C13H9BrClN5O. The van der Waals surface area contributed by atoms with Gasteiger partial charge in [-0.05, 0) is 30.3 Å². The lowest BCUT2D eigenvalue weighted by atomic mass is 10.1. The van der Waals surface area contributed by atoms with E-state index in [1.165, 1.54) is 12.1 Å². The Labute approximate surface area is 134 Å². The van der Waals surface area contributed by atoms with Crippen molar-refractivity contribution in [3.8, 4) is 6.07 Å². The second kappa shape index (κ2) is 6.54. The van der Waals surface area contributed by atoms with Crippen molar-refractivity contribution in [2.45, 2.75) is 0 Å². The average Bonchev–Trinajstić information content (AvgIpc) is 2.48. The molecule has 2 aromatic rings. The van der Waals surface area contributed by atoms with Crippen molar-refractivity contribution >= 4 is 44.9 Å². The van der Waals surface area contributed by atoms with Gasteiger partial charge in [-0.2, -0.15) is 5.26 Å². The van der Waals surface area contributed by atoms with Gasteiger partial charge in [-0.15, -0.1) is 0 Å². The van der Waals surface area contributed by atoms with Crippen LogP contribution in [-0.4, -0.2) is 10.9 Å². The van der Waals surface area contributed by atoms with Crippen LogP contribution in [0.3, 0.4) is 0 Å². The Morgan fingerprint density at radius 3 is 2.81 bits per heavy atom. The van der Waals surface area contributed by atoms with Crippen molar-refractivity contribution in [3.63, 3.8) is 0 Å². The van der Waals surface area contributed by atoms with Crippen LogP contribution in [0.15, 0.2) is 34.8 Å². The molecule has 0 radical (unpaired) electrons. The highest BCUT2D eigenvalue weighted by Gasteiger charge is 2.12. The molecule has 106 valence electrons. The number of benzene rings is 1. The van der Waals surface area contributed by atoms with Gasteiger partial charge >= 0.3 is 0 Å². The van der Waals surface area contributed by atoms with Gasteiger partial charge in [0.1, 0.15) is 17.0 Å². The van der Waals surface area contributed by atoms with Crippen molar-refractivity contribution in [1.29, 1.82) is 5.26 Å². The Bertz CT molecular complexity index is 744. The lowest BCUT2D eigenvalue weighted by Gasteiger charge is -2.09. The molecule has 0 aliphatic heterocycles. The summed E-state index contributed by atoms with van der Waals surface area (Å²) in [6.45, 7) is 0. The van der Waals surface area contributed by atoms with Crippen LogP contribution in [0.5, 0.6) is 0 Å². The Morgan fingerprint density at radius 1 is 1.38 bits per heavy atom. The number of hydrazine groups is 1. The van der Waals surface area contributed by atoms with Gasteiger partial charge in [-0.3, -0.25) is 4.79 Å². The SMILES string of the molecule is N#Cc1cc(Br)ccc1NC(=O)c1cc(Cl)nc(NN)c1. The molecule has 4 N–H and O–H groups in total. The second-order valence-corrected chi connectivity index (χ2v) is 5.27. The lowest BCUT2D eigenvalue weighted by Crippen LogP contribution is -2.15. The van der Waals surface area contributed by atoms with Crippen LogP contribution >= 0.6 is 27.5 Å². The first-order valence-corrected chi connectivity index (χ1v) is 6.86. The van der Waals surface area contributed by atoms with Crippen molar-refractivity contribution in [1.82, 2.24) is 4.98 Å². The summed E-state index contributed by atoms with van der Waals surface area (Å²) in [5.74, 6) is 5.10. The first-order chi connectivity index (χ1) is 10.0. The molecule has 0 spiro atoms. The number of nitrogens with zero attached hydrogens (tertiary/aromatic N) is 2. The van der Waals surface area contributed by atoms with E-state index in [0.717, 1.165) is 4.47 Å². The van der Waals surface area contributed by atoms with Gasteiger partial charge < -0.3 is 10.7 Å². The summed E-state index contributed by atoms with van der Waals surface area (Å²) in [4.78, 5) is 16.1. The maximum absolute atomic E-state index is 12.2. The van der Waals surface area contributed by atoms with Crippen LogP contribution in [0.25, 0.3) is 0 Å². The number of nitriles is 1. The number of aromatic nitrogens is 1. The highest BCUT2D eigenvalue weighted by atomic mass is 79.9. The molecule has 0 saturated heterocycles. The number of nitrogens with two attached hydrogens (primary N) is 1. The fourth-order valence-corrected chi connectivity index (χ4v) is 2.18. The molecule has 0 atom stereocenters. The normalized spacial score (nSPS) is 9.81. The molecule has 0 fully saturated rings. The zero-order chi connectivity index (χ0) is 15.4. The third-order valence-electron chi connectivity index (χ3n) is 2.55. The van der Waals surface area contributed by atoms with Gasteiger partial charge in [0.15, 0.2) is 0 Å². The molecule has 6 nitrogen and oxygen atoms in total. The summed E-state index contributed by atoms with van der Waals surface area (Å²) < 4.78 is 0.749. The Hall–Kier alpha value is -2.14. The minimum absolute atomic E-state index is 0.131. The third kappa shape index (κ3) is 3.70. The second-order valence-electron chi connectivity index (χ2n) is 3.96. The Morgan fingerprint density at radius 2 is 2.14 bits per heavy atom. The fourth-order valence-electron chi connectivity index (χ4n) is 1.61. The molecule has 1 aromatic carbocycles. The van der Waals surface area contributed by atoms with E-state index in [1.807, 2.05) is 6.07 Å². The molecule has 0 bridgehead atoms. The van der Waals surface area contributed by atoms with E-state index in [2.05, 4.69) is 31.7 Å². The van der Waals surface area contributed by atoms with Crippen LogP contribution in [-0.2, 0) is 0 Å². The summed E-state index contributed by atoms with van der Waals surface area (Å²) in [5.41, 5.74) is 3.34. The number of nitrogens with one attached hydrogen (secondary N) is 2. The molecule has 1 amide bonds. The number of anilines is 2. The molecule has 0 saturated carbocycles. The summed E-state index contributed by atoms with van der Waals surface area (Å²) in [6, 6.07) is 9.84. The topological polar surface area (TPSA) is 104 Å². The van der Waals surface area contributed by atoms with Gasteiger partial charge in [0, 0.05) is 10.0 Å². The minimum atomic E-state index is -0.422. The van der Waals surface area contributed by atoms with Crippen LogP contribution in [0.2, 0.25) is 5.15 Å². The van der Waals surface area contributed by atoms with Gasteiger partial charge in [-0.25, -0.2) is 10.8 Å². The van der Waals surface area contributed by atoms with Crippen LogP contribution < -0.4 is 16.6 Å². The fraction of sp³-hybridized carbons (Fsp3) is 0. The van der Waals surface area contributed by atoms with Crippen molar-refractivity contribution < 1.29 is 4.79 Å². The van der Waals surface area contributed by atoms with Gasteiger partial charge in [0.25, 0.3) is 5.91 Å². The summed E-state index contributed by atoms with van der Waals surface area (Å²) in [7, 11) is 0. The standard InChI is InChI=1S/C13H9BrClN5O/c14-9-1-2-10(8(3-9)6-16)18-13(21)7-4-11(15)19-12(5-7)20-17/h1-5H,17H2,(H,18,21)(H,19,20). The zero-order valence-electron chi connectivity index (χ0n) is 10.5. The quantitative estimate of drug-likeness (QED) is 0.440. The predicted octanol–water partition coefficient (Wildman–Crippen LogP) is 2.91. The molecule has 0 aliphatic carbocycles. The van der Waals surface area contributed by atoms with E-state index in [4.69, 9.17) is 22.7 Å². The van der Waals surface area contributed by atoms with E-state index in [-0.39, 0.29) is 16.5 Å². The van der Waals surface area contributed by atoms with Crippen molar-refractivity contribution in [2.24, 2.45) is 5.84 Å². The number of nitrogen functional groups attached to an aromatic ring is 1. The Balaban J connectivity index is 2.30. The van der Waals surface area contributed by atoms with E-state index >= 15 is 0 Å². The van der Waals surface area contributed by atoms with Crippen molar-refractivity contribution in [2.75, 3.05) is 10.7 Å². The molecule has 1 heterocycles. The average molecular weight is 367 g/mol.